The first kappa shape index (κ1) is 28.0. The van der Waals surface area contributed by atoms with Crippen LogP contribution >= 0.6 is 0 Å². The maximum atomic E-state index is 12.4. The highest BCUT2D eigenvalue weighted by atomic mass is 16.7. The molecule has 1 saturated carbocycles. The van der Waals surface area contributed by atoms with Gasteiger partial charge in [-0.1, -0.05) is 36.9 Å². The van der Waals surface area contributed by atoms with Crippen molar-refractivity contribution in [2.75, 3.05) is 67.0 Å². The fourth-order valence-corrected chi connectivity index (χ4v) is 5.73. The molecule has 0 bridgehead atoms. The molecule has 10 heteroatoms. The number of rotatable bonds is 11. The first-order valence-corrected chi connectivity index (χ1v) is 14.8. The monoisotopic (exact) mass is 569 g/mol. The van der Waals surface area contributed by atoms with Crippen LogP contribution in [0.25, 0.3) is 0 Å². The van der Waals surface area contributed by atoms with Crippen molar-refractivity contribution in [2.45, 2.75) is 31.7 Å². The number of benzene rings is 2. The largest absolute Gasteiger partial charge is 0.494 e. The summed E-state index contributed by atoms with van der Waals surface area (Å²) in [5.41, 5.74) is 3.56. The van der Waals surface area contributed by atoms with E-state index in [1.807, 2.05) is 29.3 Å². The van der Waals surface area contributed by atoms with Crippen molar-refractivity contribution in [3.63, 3.8) is 0 Å². The summed E-state index contributed by atoms with van der Waals surface area (Å²) in [6.07, 6.45) is 7.31. The van der Waals surface area contributed by atoms with Gasteiger partial charge in [-0.25, -0.2) is 15.0 Å². The number of nitrogens with zero attached hydrogens (tertiary/aromatic N) is 5. The fraction of sp³-hybridized carbons (Fsp3) is 0.406. The highest BCUT2D eigenvalue weighted by Gasteiger charge is 2.29. The van der Waals surface area contributed by atoms with Crippen molar-refractivity contribution in [1.82, 2.24) is 14.9 Å². The van der Waals surface area contributed by atoms with Gasteiger partial charge in [0, 0.05) is 44.9 Å². The van der Waals surface area contributed by atoms with Gasteiger partial charge in [0.1, 0.15) is 17.9 Å². The van der Waals surface area contributed by atoms with Gasteiger partial charge >= 0.3 is 0 Å². The van der Waals surface area contributed by atoms with Crippen LogP contribution in [-0.2, 0) is 16.1 Å². The van der Waals surface area contributed by atoms with Crippen LogP contribution in [0.1, 0.15) is 24.8 Å². The van der Waals surface area contributed by atoms with Crippen LogP contribution in [0, 0.1) is 5.92 Å². The number of carbonyl (C=O) groups excluding carboxylic acids is 1. The first-order chi connectivity index (χ1) is 20.6. The number of hydrogen-bond donors (Lipinski definition) is 2. The molecule has 2 aliphatic heterocycles. The van der Waals surface area contributed by atoms with Gasteiger partial charge in [-0.2, -0.15) is 0 Å². The van der Waals surface area contributed by atoms with Crippen LogP contribution in [0.5, 0.6) is 5.75 Å². The molecule has 1 amide bonds. The Hall–Kier alpha value is -4.15. The van der Waals surface area contributed by atoms with E-state index < -0.39 is 0 Å². The van der Waals surface area contributed by atoms with Crippen LogP contribution in [0.15, 0.2) is 67.5 Å². The van der Waals surface area contributed by atoms with E-state index in [4.69, 9.17) is 9.57 Å². The lowest BCUT2D eigenvalue weighted by molar-refractivity contribution is -0.111. The maximum Gasteiger partial charge on any atom is 0.247 e. The maximum absolute atomic E-state index is 12.4. The van der Waals surface area contributed by atoms with Gasteiger partial charge in [0.25, 0.3) is 0 Å². The molecule has 3 heterocycles. The lowest BCUT2D eigenvalue weighted by Crippen LogP contribution is -2.47. The van der Waals surface area contributed by atoms with E-state index in [0.717, 1.165) is 50.6 Å². The fourth-order valence-electron chi connectivity index (χ4n) is 5.73. The van der Waals surface area contributed by atoms with Crippen molar-refractivity contribution in [3.05, 3.63) is 73.1 Å². The van der Waals surface area contributed by atoms with Crippen molar-refractivity contribution >= 4 is 34.6 Å². The minimum Gasteiger partial charge on any atom is -0.494 e. The zero-order valence-electron chi connectivity index (χ0n) is 24.2. The van der Waals surface area contributed by atoms with Gasteiger partial charge < -0.3 is 20.3 Å². The molecule has 6 rings (SSSR count). The summed E-state index contributed by atoms with van der Waals surface area (Å²) in [5.74, 6) is 2.54. The number of hydroxylamine groups is 1. The molecular weight excluding hydrogens is 530 g/mol. The topological polar surface area (TPSA) is 95.1 Å². The van der Waals surface area contributed by atoms with Crippen molar-refractivity contribution in [1.29, 1.82) is 0 Å². The normalized spacial score (nSPS) is 19.0. The molecule has 2 aromatic carbocycles. The zero-order valence-corrected chi connectivity index (χ0v) is 24.2. The summed E-state index contributed by atoms with van der Waals surface area (Å²) in [7, 11) is 1.65. The highest BCUT2D eigenvalue weighted by Crippen LogP contribution is 2.39. The highest BCUT2D eigenvalue weighted by molar-refractivity contribution is 6.02. The Morgan fingerprint density at radius 2 is 1.88 bits per heavy atom. The molecule has 0 radical (unpaired) electrons. The molecule has 2 saturated heterocycles. The number of amides is 1. The van der Waals surface area contributed by atoms with Gasteiger partial charge in [0.05, 0.1) is 36.8 Å². The van der Waals surface area contributed by atoms with Gasteiger partial charge in [0.2, 0.25) is 5.91 Å². The predicted molar refractivity (Wildman–Crippen MR) is 165 cm³/mol. The lowest BCUT2D eigenvalue weighted by atomic mass is 10.0. The molecule has 1 atom stereocenters. The van der Waals surface area contributed by atoms with Crippen LogP contribution in [0.3, 0.4) is 0 Å². The third-order valence-electron chi connectivity index (χ3n) is 8.16. The molecule has 0 spiro atoms. The van der Waals surface area contributed by atoms with Gasteiger partial charge in [-0.15, -0.1) is 0 Å². The smallest absolute Gasteiger partial charge is 0.247 e. The van der Waals surface area contributed by atoms with E-state index in [2.05, 4.69) is 61.2 Å². The Kier molecular flexibility index (Phi) is 8.52. The van der Waals surface area contributed by atoms with Crippen molar-refractivity contribution < 1.29 is 14.4 Å². The van der Waals surface area contributed by atoms with E-state index in [-0.39, 0.29) is 11.9 Å². The second-order valence-corrected chi connectivity index (χ2v) is 11.2. The third kappa shape index (κ3) is 6.66. The molecule has 1 aromatic heterocycles. The number of piperazine rings is 1. The molecule has 3 aliphatic rings. The molecule has 2 N–H and O–H groups in total. The third-order valence-corrected chi connectivity index (χ3v) is 8.16. The molecule has 3 aromatic rings. The van der Waals surface area contributed by atoms with Crippen LogP contribution in [-0.4, -0.2) is 73.3 Å². The zero-order chi connectivity index (χ0) is 28.9. The van der Waals surface area contributed by atoms with Crippen LogP contribution < -0.4 is 25.3 Å². The summed E-state index contributed by atoms with van der Waals surface area (Å²) < 4.78 is 5.82. The lowest BCUT2D eigenvalue weighted by Gasteiger charge is -2.37. The number of methoxy groups -OCH3 is 1. The standard InChI is InChI=1S/C32H39N7O3/c1-3-32(40)36-26-18-27(29(41-2)19-28(26)38-14-12-37(13-15-38)21-24-9-10-24)35-30-20-31(34-22-33-30)39-25(11-16-42-39)17-23-7-5-4-6-8-23/h3-8,18-20,22,24-25H,1,9-17,21H2,2H3,(H,36,40)(H,33,34,35)/t25-/m1/s1. The van der Waals surface area contributed by atoms with Gasteiger partial charge in [-0.05, 0) is 49.3 Å². The van der Waals surface area contributed by atoms with E-state index in [9.17, 15) is 4.79 Å². The minimum absolute atomic E-state index is 0.175. The number of anilines is 5. The van der Waals surface area contributed by atoms with Gasteiger partial charge in [0.15, 0.2) is 5.82 Å². The van der Waals surface area contributed by atoms with E-state index in [0.29, 0.717) is 35.4 Å². The molecule has 10 nitrogen and oxygen atoms in total. The van der Waals surface area contributed by atoms with E-state index in [1.165, 1.54) is 37.4 Å². The Balaban J connectivity index is 1.22. The summed E-state index contributed by atoms with van der Waals surface area (Å²) in [4.78, 5) is 32.3. The van der Waals surface area contributed by atoms with Gasteiger partial charge in [-0.3, -0.25) is 14.5 Å². The average Bonchev–Trinajstić information content (AvgIpc) is 3.72. The van der Waals surface area contributed by atoms with Crippen LogP contribution in [0.2, 0.25) is 0 Å². The van der Waals surface area contributed by atoms with E-state index in [1.54, 1.807) is 7.11 Å². The van der Waals surface area contributed by atoms with Crippen molar-refractivity contribution in [3.8, 4) is 5.75 Å². The Morgan fingerprint density at radius 3 is 2.62 bits per heavy atom. The average molecular weight is 570 g/mol. The van der Waals surface area contributed by atoms with E-state index >= 15 is 0 Å². The molecule has 0 unspecified atom stereocenters. The second kappa shape index (κ2) is 12.8. The second-order valence-electron chi connectivity index (χ2n) is 11.2. The number of carbonyl (C=O) groups is 1. The Bertz CT molecular complexity index is 1390. The number of hydrogen-bond acceptors (Lipinski definition) is 9. The summed E-state index contributed by atoms with van der Waals surface area (Å²) in [6, 6.07) is 16.3. The Morgan fingerprint density at radius 1 is 1.07 bits per heavy atom. The predicted octanol–water partition coefficient (Wildman–Crippen LogP) is 4.64. The summed E-state index contributed by atoms with van der Waals surface area (Å²) in [5, 5.41) is 8.28. The summed E-state index contributed by atoms with van der Waals surface area (Å²) in [6.45, 7) is 9.24. The Labute approximate surface area is 247 Å². The minimum atomic E-state index is -0.264. The number of aromatic nitrogens is 2. The molecular formula is C32H39N7O3. The molecule has 220 valence electrons. The molecule has 42 heavy (non-hydrogen) atoms. The first-order valence-electron chi connectivity index (χ1n) is 14.8. The SMILES string of the molecule is C=CC(=O)Nc1cc(Nc2cc(N3OCC[C@@H]3Cc3ccccc3)ncn2)c(OC)cc1N1CCN(CC2CC2)CC1. The van der Waals surface area contributed by atoms with Crippen molar-refractivity contribution in [2.24, 2.45) is 5.92 Å². The molecule has 1 aliphatic carbocycles. The number of nitrogens with one attached hydrogen (secondary N) is 2. The summed E-state index contributed by atoms with van der Waals surface area (Å²) >= 11 is 0. The number of ether oxygens (including phenoxy) is 1. The molecule has 3 fully saturated rings. The van der Waals surface area contributed by atoms with Crippen LogP contribution in [0.4, 0.5) is 28.7 Å². The quantitative estimate of drug-likeness (QED) is 0.320.